The highest BCUT2D eigenvalue weighted by Crippen LogP contribution is 2.25. The van der Waals surface area contributed by atoms with Crippen molar-refractivity contribution in [2.24, 2.45) is 0 Å². The van der Waals surface area contributed by atoms with Crippen LogP contribution < -0.4 is 0 Å². The number of hydrogen-bond donors (Lipinski definition) is 2. The first-order valence-corrected chi connectivity index (χ1v) is 6.45. The summed E-state index contributed by atoms with van der Waals surface area (Å²) in [5, 5.41) is 19.0. The third-order valence-corrected chi connectivity index (χ3v) is 3.61. The fraction of sp³-hybridized carbons (Fsp3) is 0.417. The Kier molecular flexibility index (Phi) is 3.57. The number of carbonyl (C=O) groups is 1. The Hall–Kier alpha value is -1.23. The zero-order chi connectivity index (χ0) is 12.4. The maximum absolute atomic E-state index is 12.2. The number of alkyl halides is 1. The second-order valence-electron chi connectivity index (χ2n) is 4.19. The molecule has 92 valence electrons. The third kappa shape index (κ3) is 2.72. The summed E-state index contributed by atoms with van der Waals surface area (Å²) in [5.41, 5.74) is 0.159. The second kappa shape index (κ2) is 4.96. The van der Waals surface area contributed by atoms with Gasteiger partial charge in [-0.3, -0.25) is 4.79 Å². The molecular weight excluding hydrogens is 286 g/mol. The number of benzene rings is 1. The maximum atomic E-state index is 12.2. The van der Waals surface area contributed by atoms with Crippen LogP contribution in [-0.4, -0.2) is 38.9 Å². The molecule has 0 saturated carbocycles. The summed E-state index contributed by atoms with van der Waals surface area (Å²) < 4.78 is 0. The summed E-state index contributed by atoms with van der Waals surface area (Å²) in [4.78, 5) is 14.1. The van der Waals surface area contributed by atoms with Crippen molar-refractivity contribution in [2.75, 3.05) is 13.1 Å². The van der Waals surface area contributed by atoms with Gasteiger partial charge in [0.2, 0.25) is 0 Å². The van der Waals surface area contributed by atoms with E-state index in [9.17, 15) is 15.0 Å². The van der Waals surface area contributed by atoms with Gasteiger partial charge in [0.05, 0.1) is 5.56 Å². The molecule has 1 aromatic carbocycles. The number of halogens is 1. The largest absolute Gasteiger partial charge is 0.508 e. The lowest BCUT2D eigenvalue weighted by atomic mass is 10.1. The van der Waals surface area contributed by atoms with Crippen molar-refractivity contribution < 1.29 is 15.0 Å². The van der Waals surface area contributed by atoms with E-state index in [2.05, 4.69) is 15.9 Å². The molecule has 2 rings (SSSR count). The van der Waals surface area contributed by atoms with Crippen molar-refractivity contribution in [3.8, 4) is 11.5 Å². The molecule has 1 unspecified atom stereocenters. The Bertz CT molecular complexity index is 436. The van der Waals surface area contributed by atoms with Gasteiger partial charge in [0.25, 0.3) is 5.91 Å². The SMILES string of the molecule is O=C(c1cc(O)ccc1O)N1CCCC(Br)C1. The number of carbonyl (C=O) groups excluding carboxylic acids is 1. The number of nitrogens with zero attached hydrogens (tertiary/aromatic N) is 1. The lowest BCUT2D eigenvalue weighted by Crippen LogP contribution is -2.40. The van der Waals surface area contributed by atoms with Gasteiger partial charge >= 0.3 is 0 Å². The molecule has 0 bridgehead atoms. The van der Waals surface area contributed by atoms with Crippen molar-refractivity contribution >= 4 is 21.8 Å². The predicted octanol–water partition coefficient (Wildman–Crippen LogP) is 2.10. The summed E-state index contributed by atoms with van der Waals surface area (Å²) in [6.07, 6.45) is 2.00. The summed E-state index contributed by atoms with van der Waals surface area (Å²) in [6.45, 7) is 1.32. The smallest absolute Gasteiger partial charge is 0.257 e. The van der Waals surface area contributed by atoms with Gasteiger partial charge in [0, 0.05) is 17.9 Å². The fourth-order valence-electron chi connectivity index (χ4n) is 1.98. The van der Waals surface area contributed by atoms with Crippen LogP contribution in [0.2, 0.25) is 0 Å². The van der Waals surface area contributed by atoms with Crippen LogP contribution >= 0.6 is 15.9 Å². The van der Waals surface area contributed by atoms with E-state index in [1.54, 1.807) is 4.90 Å². The first-order valence-electron chi connectivity index (χ1n) is 5.53. The van der Waals surface area contributed by atoms with Gasteiger partial charge in [-0.15, -0.1) is 0 Å². The minimum absolute atomic E-state index is 0.0152. The Balaban J connectivity index is 2.21. The molecular formula is C12H14BrNO3. The average molecular weight is 300 g/mol. The van der Waals surface area contributed by atoms with Crippen LogP contribution in [0.25, 0.3) is 0 Å². The van der Waals surface area contributed by atoms with Crippen molar-refractivity contribution in [3.63, 3.8) is 0 Å². The van der Waals surface area contributed by atoms with Crippen LogP contribution in [0.4, 0.5) is 0 Å². The predicted molar refractivity (Wildman–Crippen MR) is 67.6 cm³/mol. The van der Waals surface area contributed by atoms with Gasteiger partial charge in [0.1, 0.15) is 11.5 Å². The van der Waals surface area contributed by atoms with E-state index in [4.69, 9.17) is 0 Å². The molecule has 5 heteroatoms. The Morgan fingerprint density at radius 2 is 2.18 bits per heavy atom. The van der Waals surface area contributed by atoms with Crippen molar-refractivity contribution in [1.29, 1.82) is 0 Å². The minimum Gasteiger partial charge on any atom is -0.508 e. The molecule has 1 atom stereocenters. The van der Waals surface area contributed by atoms with Crippen LogP contribution in [0.15, 0.2) is 18.2 Å². The molecule has 0 aromatic heterocycles. The van der Waals surface area contributed by atoms with Gasteiger partial charge in [-0.1, -0.05) is 15.9 Å². The molecule has 1 heterocycles. The second-order valence-corrected chi connectivity index (χ2v) is 5.49. The highest BCUT2D eigenvalue weighted by atomic mass is 79.9. The monoisotopic (exact) mass is 299 g/mol. The Morgan fingerprint density at radius 1 is 1.41 bits per heavy atom. The molecule has 0 spiro atoms. The molecule has 4 nitrogen and oxygen atoms in total. The van der Waals surface area contributed by atoms with Crippen molar-refractivity contribution in [2.45, 2.75) is 17.7 Å². The number of phenolic OH excluding ortho intramolecular Hbond substituents is 2. The molecule has 1 aromatic rings. The van der Waals surface area contributed by atoms with Gasteiger partial charge in [0.15, 0.2) is 0 Å². The molecule has 1 amide bonds. The average Bonchev–Trinajstić information content (AvgIpc) is 2.31. The lowest BCUT2D eigenvalue weighted by molar-refractivity contribution is 0.0726. The summed E-state index contributed by atoms with van der Waals surface area (Å²) in [6, 6.07) is 3.99. The Labute approximate surface area is 108 Å². The lowest BCUT2D eigenvalue weighted by Gasteiger charge is -2.30. The van der Waals surface area contributed by atoms with Crippen molar-refractivity contribution in [1.82, 2.24) is 4.90 Å². The van der Waals surface area contributed by atoms with Gasteiger partial charge in [-0.05, 0) is 31.0 Å². The minimum atomic E-state index is -0.234. The number of phenols is 2. The zero-order valence-corrected chi connectivity index (χ0v) is 10.9. The molecule has 2 N–H and O–H groups in total. The van der Waals surface area contributed by atoms with Crippen LogP contribution in [0.5, 0.6) is 11.5 Å². The number of likely N-dealkylation sites (tertiary alicyclic amines) is 1. The number of hydrogen-bond acceptors (Lipinski definition) is 3. The summed E-state index contributed by atoms with van der Waals surface area (Å²) >= 11 is 3.50. The number of aromatic hydroxyl groups is 2. The normalized spacial score (nSPS) is 20.3. The highest BCUT2D eigenvalue weighted by molar-refractivity contribution is 9.09. The van der Waals surface area contributed by atoms with Gasteiger partial charge < -0.3 is 15.1 Å². The molecule has 0 radical (unpaired) electrons. The quantitative estimate of drug-likeness (QED) is 0.617. The zero-order valence-electron chi connectivity index (χ0n) is 9.27. The van der Waals surface area contributed by atoms with E-state index < -0.39 is 0 Å². The molecule has 1 saturated heterocycles. The van der Waals surface area contributed by atoms with Gasteiger partial charge in [-0.2, -0.15) is 0 Å². The topological polar surface area (TPSA) is 60.8 Å². The molecule has 17 heavy (non-hydrogen) atoms. The van der Waals surface area contributed by atoms with E-state index in [-0.39, 0.29) is 23.0 Å². The maximum Gasteiger partial charge on any atom is 0.257 e. The number of piperidine rings is 1. The standard InChI is InChI=1S/C12H14BrNO3/c13-8-2-1-5-14(7-8)12(17)10-6-9(15)3-4-11(10)16/h3-4,6,8,15-16H,1-2,5,7H2. The fourth-order valence-corrected chi connectivity index (χ4v) is 2.65. The van der Waals surface area contributed by atoms with E-state index in [1.165, 1.54) is 18.2 Å². The summed E-state index contributed by atoms with van der Waals surface area (Å²) in [5.74, 6) is -0.342. The van der Waals surface area contributed by atoms with Gasteiger partial charge in [-0.25, -0.2) is 0 Å². The van der Waals surface area contributed by atoms with E-state index in [0.29, 0.717) is 17.9 Å². The highest BCUT2D eigenvalue weighted by Gasteiger charge is 2.24. The van der Waals surface area contributed by atoms with Crippen LogP contribution in [-0.2, 0) is 0 Å². The number of rotatable bonds is 1. The summed E-state index contributed by atoms with van der Waals surface area (Å²) in [7, 11) is 0. The molecule has 0 aliphatic carbocycles. The molecule has 1 aliphatic rings. The molecule has 1 fully saturated rings. The van der Waals surface area contributed by atoms with E-state index >= 15 is 0 Å². The third-order valence-electron chi connectivity index (χ3n) is 2.86. The first-order chi connectivity index (χ1) is 8.08. The Morgan fingerprint density at radius 3 is 2.88 bits per heavy atom. The first kappa shape index (κ1) is 12.2. The van der Waals surface area contributed by atoms with E-state index in [0.717, 1.165) is 12.8 Å². The van der Waals surface area contributed by atoms with E-state index in [1.807, 2.05) is 0 Å². The van der Waals surface area contributed by atoms with Crippen LogP contribution in [0.3, 0.4) is 0 Å². The molecule has 1 aliphatic heterocycles. The van der Waals surface area contributed by atoms with Crippen molar-refractivity contribution in [3.05, 3.63) is 23.8 Å². The van der Waals surface area contributed by atoms with Crippen LogP contribution in [0, 0.1) is 0 Å². The number of amides is 1. The van der Waals surface area contributed by atoms with Crippen LogP contribution in [0.1, 0.15) is 23.2 Å².